The molecule has 26 heavy (non-hydrogen) atoms. The maximum atomic E-state index is 13.1. The fraction of sp³-hybridized carbons (Fsp3) is 0.0556. The van der Waals surface area contributed by atoms with E-state index < -0.39 is 11.7 Å². The van der Waals surface area contributed by atoms with Gasteiger partial charge in [0.05, 0.1) is 22.3 Å². The maximum Gasteiger partial charge on any atom is 0.416 e. The van der Waals surface area contributed by atoms with Crippen molar-refractivity contribution >= 4 is 5.52 Å². The fourth-order valence-corrected chi connectivity index (χ4v) is 2.78. The van der Waals surface area contributed by atoms with Gasteiger partial charge in [0.25, 0.3) is 5.56 Å². The summed E-state index contributed by atoms with van der Waals surface area (Å²) in [5, 5.41) is 10.8. The highest BCUT2D eigenvalue weighted by atomic mass is 19.4. The van der Waals surface area contributed by atoms with Crippen LogP contribution in [0, 0.1) is 0 Å². The normalized spacial score (nSPS) is 11.8. The van der Waals surface area contributed by atoms with Crippen LogP contribution >= 0.6 is 0 Å². The molecule has 0 aliphatic heterocycles. The molecule has 8 heteroatoms. The summed E-state index contributed by atoms with van der Waals surface area (Å²) in [6, 6.07) is 13.1. The van der Waals surface area contributed by atoms with E-state index in [9.17, 15) is 18.0 Å². The molecule has 0 fully saturated rings. The molecule has 0 aliphatic rings. The van der Waals surface area contributed by atoms with Gasteiger partial charge < -0.3 is 0 Å². The molecule has 130 valence electrons. The van der Waals surface area contributed by atoms with Crippen LogP contribution in [0.15, 0.2) is 65.6 Å². The fourth-order valence-electron chi connectivity index (χ4n) is 2.78. The third-order valence-electron chi connectivity index (χ3n) is 3.94. The Bertz CT molecular complexity index is 1140. The van der Waals surface area contributed by atoms with E-state index in [2.05, 4.69) is 15.3 Å². The van der Waals surface area contributed by atoms with Crippen molar-refractivity contribution in [3.05, 3.63) is 76.7 Å². The van der Waals surface area contributed by atoms with Crippen LogP contribution in [0.5, 0.6) is 0 Å². The van der Waals surface area contributed by atoms with E-state index in [1.165, 1.54) is 18.2 Å². The molecular weight excluding hydrogens is 345 g/mol. The first-order valence-corrected chi connectivity index (χ1v) is 7.64. The molecule has 1 N–H and O–H groups in total. The Labute approximate surface area is 144 Å². The van der Waals surface area contributed by atoms with Gasteiger partial charge in [0.1, 0.15) is 5.69 Å². The van der Waals surface area contributed by atoms with E-state index in [4.69, 9.17) is 0 Å². The van der Waals surface area contributed by atoms with Crippen LogP contribution < -0.4 is 5.56 Å². The van der Waals surface area contributed by atoms with Crippen LogP contribution in [0.3, 0.4) is 0 Å². The maximum absolute atomic E-state index is 13.1. The summed E-state index contributed by atoms with van der Waals surface area (Å²) in [7, 11) is 0. The zero-order valence-corrected chi connectivity index (χ0v) is 13.2. The van der Waals surface area contributed by atoms with Gasteiger partial charge in [-0.2, -0.15) is 23.4 Å². The van der Waals surface area contributed by atoms with E-state index in [1.807, 2.05) is 0 Å². The zero-order chi connectivity index (χ0) is 18.3. The summed E-state index contributed by atoms with van der Waals surface area (Å²) in [5.41, 5.74) is 1.16. The Morgan fingerprint density at radius 2 is 1.85 bits per heavy atom. The van der Waals surface area contributed by atoms with Gasteiger partial charge in [-0.3, -0.25) is 4.79 Å². The number of halogens is 3. The van der Waals surface area contributed by atoms with E-state index in [0.717, 1.165) is 12.1 Å². The standard InChI is InChI=1S/C18H11F3N4O/c19-18(20,21)12-5-3-4-11(10-12)17-16(13-7-8-15(26)23-22-13)14-6-1-2-9-25(14)24-17/h1-10H,(H,23,26). The molecule has 0 bridgehead atoms. The Morgan fingerprint density at radius 3 is 2.58 bits per heavy atom. The van der Waals surface area contributed by atoms with Crippen molar-refractivity contribution in [2.45, 2.75) is 6.18 Å². The van der Waals surface area contributed by atoms with Crippen molar-refractivity contribution in [1.29, 1.82) is 0 Å². The third kappa shape index (κ3) is 2.75. The average molecular weight is 356 g/mol. The van der Waals surface area contributed by atoms with Crippen molar-refractivity contribution in [3.8, 4) is 22.5 Å². The quantitative estimate of drug-likeness (QED) is 0.595. The Hall–Kier alpha value is -3.42. The van der Waals surface area contributed by atoms with E-state index in [1.54, 1.807) is 35.0 Å². The van der Waals surface area contributed by atoms with Crippen molar-refractivity contribution in [1.82, 2.24) is 19.8 Å². The molecule has 0 radical (unpaired) electrons. The molecule has 3 heterocycles. The van der Waals surface area contributed by atoms with Crippen LogP contribution in [-0.4, -0.2) is 19.8 Å². The van der Waals surface area contributed by atoms with E-state index in [0.29, 0.717) is 28.0 Å². The number of fused-ring (bicyclic) bond motifs is 1. The van der Waals surface area contributed by atoms with Gasteiger partial charge in [0.2, 0.25) is 0 Å². The number of pyridine rings is 1. The lowest BCUT2D eigenvalue weighted by Gasteiger charge is -2.08. The predicted molar refractivity (Wildman–Crippen MR) is 89.5 cm³/mol. The number of H-pyrrole nitrogens is 1. The minimum Gasteiger partial charge on any atom is -0.268 e. The van der Waals surface area contributed by atoms with Gasteiger partial charge in [-0.1, -0.05) is 18.2 Å². The van der Waals surface area contributed by atoms with Crippen LogP contribution in [0.2, 0.25) is 0 Å². The highest BCUT2D eigenvalue weighted by Crippen LogP contribution is 2.36. The number of rotatable bonds is 2. The summed E-state index contributed by atoms with van der Waals surface area (Å²) in [6.45, 7) is 0. The Balaban J connectivity index is 2.00. The lowest BCUT2D eigenvalue weighted by Crippen LogP contribution is -2.06. The molecule has 1 aromatic carbocycles. The van der Waals surface area contributed by atoms with Crippen molar-refractivity contribution in [2.24, 2.45) is 0 Å². The second-order valence-electron chi connectivity index (χ2n) is 5.64. The SMILES string of the molecule is O=c1ccc(-c2c(-c3cccc(C(F)(F)F)c3)nn3ccccc23)n[nH]1. The predicted octanol–water partition coefficient (Wildman–Crippen LogP) is 3.77. The van der Waals surface area contributed by atoms with Crippen molar-refractivity contribution < 1.29 is 13.2 Å². The Kier molecular flexibility index (Phi) is 3.61. The largest absolute Gasteiger partial charge is 0.416 e. The van der Waals surface area contributed by atoms with Crippen LogP contribution in [-0.2, 0) is 6.18 Å². The molecular formula is C18H11F3N4O. The molecule has 4 rings (SSSR count). The summed E-state index contributed by atoms with van der Waals surface area (Å²) >= 11 is 0. The number of benzene rings is 1. The first-order valence-electron chi connectivity index (χ1n) is 7.64. The average Bonchev–Trinajstić information content (AvgIpc) is 3.01. The molecule has 0 aliphatic carbocycles. The van der Waals surface area contributed by atoms with Gasteiger partial charge in [0, 0.05) is 17.8 Å². The molecule has 4 aromatic rings. The number of aromatic amines is 1. The first kappa shape index (κ1) is 16.1. The second-order valence-corrected chi connectivity index (χ2v) is 5.64. The second kappa shape index (κ2) is 5.83. The van der Waals surface area contributed by atoms with Gasteiger partial charge in [-0.25, -0.2) is 9.61 Å². The monoisotopic (exact) mass is 356 g/mol. The molecule has 3 aromatic heterocycles. The van der Waals surface area contributed by atoms with Crippen molar-refractivity contribution in [2.75, 3.05) is 0 Å². The van der Waals surface area contributed by atoms with Gasteiger partial charge in [-0.05, 0) is 30.3 Å². The van der Waals surface area contributed by atoms with E-state index >= 15 is 0 Å². The summed E-state index contributed by atoms with van der Waals surface area (Å²) in [4.78, 5) is 11.3. The summed E-state index contributed by atoms with van der Waals surface area (Å²) in [6.07, 6.45) is -2.76. The Morgan fingerprint density at radius 1 is 1.00 bits per heavy atom. The molecule has 0 amide bonds. The number of nitrogens with one attached hydrogen (secondary N) is 1. The highest BCUT2D eigenvalue weighted by Gasteiger charge is 2.31. The van der Waals surface area contributed by atoms with Gasteiger partial charge >= 0.3 is 6.18 Å². The van der Waals surface area contributed by atoms with Crippen LogP contribution in [0.4, 0.5) is 13.2 Å². The molecule has 0 saturated heterocycles. The third-order valence-corrected chi connectivity index (χ3v) is 3.94. The van der Waals surface area contributed by atoms with E-state index in [-0.39, 0.29) is 5.56 Å². The number of aromatic nitrogens is 4. The number of alkyl halides is 3. The lowest BCUT2D eigenvalue weighted by molar-refractivity contribution is -0.137. The molecule has 5 nitrogen and oxygen atoms in total. The van der Waals surface area contributed by atoms with Gasteiger partial charge in [-0.15, -0.1) is 0 Å². The first-order chi connectivity index (χ1) is 12.4. The zero-order valence-electron chi connectivity index (χ0n) is 13.2. The van der Waals surface area contributed by atoms with Crippen molar-refractivity contribution in [3.63, 3.8) is 0 Å². The topological polar surface area (TPSA) is 63.1 Å². The van der Waals surface area contributed by atoms with Crippen LogP contribution in [0.1, 0.15) is 5.56 Å². The summed E-state index contributed by atoms with van der Waals surface area (Å²) in [5.74, 6) is 0. The molecule has 0 unspecified atom stereocenters. The molecule has 0 saturated carbocycles. The number of hydrogen-bond donors (Lipinski definition) is 1. The van der Waals surface area contributed by atoms with Gasteiger partial charge in [0.15, 0.2) is 0 Å². The number of hydrogen-bond acceptors (Lipinski definition) is 3. The smallest absolute Gasteiger partial charge is 0.268 e. The highest BCUT2D eigenvalue weighted by molar-refractivity contribution is 5.90. The minimum absolute atomic E-state index is 0.312. The number of nitrogens with zero attached hydrogens (tertiary/aromatic N) is 3. The summed E-state index contributed by atoms with van der Waals surface area (Å²) < 4.78 is 40.8. The van der Waals surface area contributed by atoms with Crippen LogP contribution in [0.25, 0.3) is 28.0 Å². The minimum atomic E-state index is -4.45. The lowest BCUT2D eigenvalue weighted by atomic mass is 10.0. The molecule has 0 spiro atoms. The molecule has 0 atom stereocenters.